The molecule has 0 spiro atoms. The normalized spacial score (nSPS) is 9.96. The molecule has 2 N–H and O–H groups in total. The molecule has 28 heavy (non-hydrogen) atoms. The Hall–Kier alpha value is -4.11. The monoisotopic (exact) mass is 372 g/mol. The van der Waals surface area contributed by atoms with E-state index in [9.17, 15) is 14.7 Å². The van der Waals surface area contributed by atoms with Gasteiger partial charge in [-0.1, -0.05) is 36.4 Å². The van der Waals surface area contributed by atoms with Crippen molar-refractivity contribution in [3.63, 3.8) is 0 Å². The number of carbonyl (C=O) groups is 2. The number of hydrogen-bond donors (Lipinski definition) is 2. The van der Waals surface area contributed by atoms with Gasteiger partial charge < -0.3 is 15.2 Å². The van der Waals surface area contributed by atoms with Gasteiger partial charge in [-0.3, -0.25) is 4.79 Å². The largest absolute Gasteiger partial charge is 0.489 e. The van der Waals surface area contributed by atoms with Gasteiger partial charge in [0.25, 0.3) is 5.91 Å². The van der Waals surface area contributed by atoms with E-state index < -0.39 is 11.9 Å². The summed E-state index contributed by atoms with van der Waals surface area (Å²) < 4.78 is 5.72. The highest BCUT2D eigenvalue weighted by molar-refractivity contribution is 6.08. The number of nitrogens with zero attached hydrogens (tertiary/aromatic N) is 1. The fraction of sp³-hybridized carbons (Fsp3) is 0.0455. The Morgan fingerprint density at radius 2 is 1.79 bits per heavy atom. The molecular formula is C22H16N2O4. The van der Waals surface area contributed by atoms with Crippen LogP contribution in [0.15, 0.2) is 72.8 Å². The van der Waals surface area contributed by atoms with E-state index in [2.05, 4.69) is 5.32 Å². The fourth-order valence-electron chi connectivity index (χ4n) is 2.56. The molecule has 0 saturated heterocycles. The molecule has 0 fully saturated rings. The molecule has 0 aliphatic carbocycles. The third-order valence-corrected chi connectivity index (χ3v) is 3.97. The molecule has 6 nitrogen and oxygen atoms in total. The number of aromatic carboxylic acids is 1. The van der Waals surface area contributed by atoms with Crippen molar-refractivity contribution >= 4 is 17.6 Å². The van der Waals surface area contributed by atoms with Gasteiger partial charge in [0.2, 0.25) is 0 Å². The summed E-state index contributed by atoms with van der Waals surface area (Å²) >= 11 is 0. The molecule has 0 heterocycles. The van der Waals surface area contributed by atoms with Crippen LogP contribution in [-0.2, 0) is 6.61 Å². The first-order chi connectivity index (χ1) is 13.6. The molecular weight excluding hydrogens is 356 g/mol. The highest BCUT2D eigenvalue weighted by atomic mass is 16.5. The van der Waals surface area contributed by atoms with Gasteiger partial charge in [0.15, 0.2) is 0 Å². The number of carboxylic acids is 1. The van der Waals surface area contributed by atoms with Gasteiger partial charge in [-0.25, -0.2) is 4.79 Å². The first kappa shape index (κ1) is 18.7. The molecule has 6 heteroatoms. The third kappa shape index (κ3) is 4.54. The Kier molecular flexibility index (Phi) is 5.68. The minimum atomic E-state index is -1.23. The SMILES string of the molecule is N#Cc1ccc(NC(=O)c2cccc(OCc3ccccc3)c2)c(C(=O)O)c1. The van der Waals surface area contributed by atoms with Crippen LogP contribution in [0.3, 0.4) is 0 Å². The summed E-state index contributed by atoms with van der Waals surface area (Å²) in [7, 11) is 0. The maximum atomic E-state index is 12.5. The zero-order chi connectivity index (χ0) is 19.9. The lowest BCUT2D eigenvalue weighted by Gasteiger charge is -2.11. The molecule has 0 aliphatic rings. The van der Waals surface area contributed by atoms with Crippen molar-refractivity contribution in [3.05, 3.63) is 95.1 Å². The van der Waals surface area contributed by atoms with Crippen LogP contribution in [0.2, 0.25) is 0 Å². The zero-order valence-corrected chi connectivity index (χ0v) is 14.8. The Morgan fingerprint density at radius 1 is 1.00 bits per heavy atom. The number of nitrogens with one attached hydrogen (secondary N) is 1. The highest BCUT2D eigenvalue weighted by Gasteiger charge is 2.15. The van der Waals surface area contributed by atoms with Crippen LogP contribution in [0.5, 0.6) is 5.75 Å². The number of ether oxygens (including phenoxy) is 1. The number of benzene rings is 3. The second-order valence-electron chi connectivity index (χ2n) is 5.93. The lowest BCUT2D eigenvalue weighted by molar-refractivity contribution is 0.0698. The van der Waals surface area contributed by atoms with Crippen LogP contribution in [0, 0.1) is 11.3 Å². The molecule has 0 unspecified atom stereocenters. The number of rotatable bonds is 6. The number of amides is 1. The summed E-state index contributed by atoms with van der Waals surface area (Å²) in [6.07, 6.45) is 0. The molecule has 1 amide bonds. The van der Waals surface area contributed by atoms with Gasteiger partial charge in [0.05, 0.1) is 22.9 Å². The Bertz CT molecular complexity index is 1060. The Balaban J connectivity index is 1.75. The van der Waals surface area contributed by atoms with Crippen LogP contribution in [-0.4, -0.2) is 17.0 Å². The summed E-state index contributed by atoms with van der Waals surface area (Å²) in [5.41, 5.74) is 1.50. The fourth-order valence-corrected chi connectivity index (χ4v) is 2.56. The van der Waals surface area contributed by atoms with Crippen molar-refractivity contribution in [2.45, 2.75) is 6.61 Å². The highest BCUT2D eigenvalue weighted by Crippen LogP contribution is 2.20. The van der Waals surface area contributed by atoms with Crippen LogP contribution < -0.4 is 10.1 Å². The van der Waals surface area contributed by atoms with Crippen molar-refractivity contribution in [3.8, 4) is 11.8 Å². The molecule has 3 aromatic carbocycles. The van der Waals surface area contributed by atoms with E-state index in [1.807, 2.05) is 36.4 Å². The van der Waals surface area contributed by atoms with Gasteiger partial charge in [-0.05, 0) is 42.0 Å². The predicted molar refractivity (Wildman–Crippen MR) is 103 cm³/mol. The van der Waals surface area contributed by atoms with Crippen LogP contribution >= 0.6 is 0 Å². The molecule has 3 aromatic rings. The van der Waals surface area contributed by atoms with Crippen molar-refractivity contribution < 1.29 is 19.4 Å². The molecule has 0 aromatic heterocycles. The number of carboxylic acid groups (broad SMARTS) is 1. The Morgan fingerprint density at radius 3 is 2.50 bits per heavy atom. The number of carbonyl (C=O) groups excluding carboxylic acids is 1. The topological polar surface area (TPSA) is 99.4 Å². The van der Waals surface area contributed by atoms with Crippen molar-refractivity contribution in [1.82, 2.24) is 0 Å². The standard InChI is InChI=1S/C22H16N2O4/c23-13-16-9-10-20(19(11-16)22(26)27)24-21(25)17-7-4-8-18(12-17)28-14-15-5-2-1-3-6-15/h1-12H,14H2,(H,24,25)(H,26,27). The lowest BCUT2D eigenvalue weighted by atomic mass is 10.1. The molecule has 3 rings (SSSR count). The van der Waals surface area contributed by atoms with Gasteiger partial charge in [0.1, 0.15) is 12.4 Å². The number of anilines is 1. The first-order valence-electron chi connectivity index (χ1n) is 8.42. The maximum absolute atomic E-state index is 12.5. The van der Waals surface area contributed by atoms with E-state index in [-0.39, 0.29) is 16.8 Å². The van der Waals surface area contributed by atoms with Gasteiger partial charge in [-0.15, -0.1) is 0 Å². The summed E-state index contributed by atoms with van der Waals surface area (Å²) in [6.45, 7) is 0.366. The second kappa shape index (κ2) is 8.52. The minimum Gasteiger partial charge on any atom is -0.489 e. The Labute approximate surface area is 161 Å². The molecule has 0 atom stereocenters. The third-order valence-electron chi connectivity index (χ3n) is 3.97. The quantitative estimate of drug-likeness (QED) is 0.679. The molecule has 138 valence electrons. The average molecular weight is 372 g/mol. The summed E-state index contributed by atoms with van der Waals surface area (Å²) in [4.78, 5) is 23.9. The smallest absolute Gasteiger partial charge is 0.337 e. The molecule has 0 radical (unpaired) electrons. The van der Waals surface area contributed by atoms with Gasteiger partial charge >= 0.3 is 5.97 Å². The molecule has 0 aliphatic heterocycles. The second-order valence-corrected chi connectivity index (χ2v) is 5.93. The van der Waals surface area contributed by atoms with Crippen molar-refractivity contribution in [2.75, 3.05) is 5.32 Å². The zero-order valence-electron chi connectivity index (χ0n) is 14.8. The van der Waals surface area contributed by atoms with Crippen molar-refractivity contribution in [1.29, 1.82) is 5.26 Å². The van der Waals surface area contributed by atoms with Gasteiger partial charge in [0, 0.05) is 5.56 Å². The van der Waals surface area contributed by atoms with E-state index in [1.165, 1.54) is 18.2 Å². The summed E-state index contributed by atoms with van der Waals surface area (Å²) in [6, 6.07) is 22.2. The van der Waals surface area contributed by atoms with E-state index >= 15 is 0 Å². The number of nitriles is 1. The van der Waals surface area contributed by atoms with E-state index in [4.69, 9.17) is 10.00 Å². The predicted octanol–water partition coefficient (Wildman–Crippen LogP) is 4.09. The maximum Gasteiger partial charge on any atom is 0.337 e. The summed E-state index contributed by atoms with van der Waals surface area (Å²) in [5, 5.41) is 20.8. The number of hydrogen-bond acceptors (Lipinski definition) is 4. The first-order valence-corrected chi connectivity index (χ1v) is 8.42. The van der Waals surface area contributed by atoms with Crippen LogP contribution in [0.4, 0.5) is 5.69 Å². The van der Waals surface area contributed by atoms with Gasteiger partial charge in [-0.2, -0.15) is 5.26 Å². The van der Waals surface area contributed by atoms with E-state index in [0.717, 1.165) is 5.56 Å². The van der Waals surface area contributed by atoms with E-state index in [1.54, 1.807) is 24.3 Å². The lowest BCUT2D eigenvalue weighted by Crippen LogP contribution is -2.15. The minimum absolute atomic E-state index is 0.118. The van der Waals surface area contributed by atoms with Crippen LogP contribution in [0.1, 0.15) is 31.8 Å². The van der Waals surface area contributed by atoms with Crippen LogP contribution in [0.25, 0.3) is 0 Å². The van der Waals surface area contributed by atoms with E-state index in [0.29, 0.717) is 17.9 Å². The molecule has 0 saturated carbocycles. The average Bonchev–Trinajstić information content (AvgIpc) is 2.73. The molecule has 0 bridgehead atoms. The van der Waals surface area contributed by atoms with Crippen molar-refractivity contribution in [2.24, 2.45) is 0 Å². The summed E-state index contributed by atoms with van der Waals surface area (Å²) in [5.74, 6) is -1.18.